The average molecular weight is 364 g/mol. The highest BCUT2D eigenvalue weighted by Crippen LogP contribution is 2.22. The van der Waals surface area contributed by atoms with Gasteiger partial charge in [0.1, 0.15) is 5.69 Å². The van der Waals surface area contributed by atoms with Crippen LogP contribution in [0.2, 0.25) is 0 Å². The van der Waals surface area contributed by atoms with Crippen molar-refractivity contribution in [2.24, 2.45) is 0 Å². The number of amides is 2. The zero-order chi connectivity index (χ0) is 19.4. The molecule has 0 unspecified atom stereocenters. The number of benzene rings is 2. The SMILES string of the molecule is C=CCNC(=O)c1ccccc1NC(=O)c1cc2cc([N+](=O)[O-])ccc2[nH]1. The molecule has 0 atom stereocenters. The maximum absolute atomic E-state index is 12.6. The van der Waals surface area contributed by atoms with Crippen molar-refractivity contribution in [1.82, 2.24) is 10.3 Å². The number of para-hydroxylation sites is 1. The first-order chi connectivity index (χ1) is 13.0. The molecule has 8 heteroatoms. The van der Waals surface area contributed by atoms with Crippen LogP contribution >= 0.6 is 0 Å². The lowest BCUT2D eigenvalue weighted by Gasteiger charge is -2.10. The van der Waals surface area contributed by atoms with E-state index in [2.05, 4.69) is 22.2 Å². The monoisotopic (exact) mass is 364 g/mol. The van der Waals surface area contributed by atoms with E-state index in [0.717, 1.165) is 0 Å². The standard InChI is InChI=1S/C19H16N4O4/c1-2-9-20-18(24)14-5-3-4-6-16(14)22-19(25)17-11-12-10-13(23(26)27)7-8-15(12)21-17/h2-8,10-11,21H,1,9H2,(H,20,24)(H,22,25). The van der Waals surface area contributed by atoms with Crippen LogP contribution in [0.1, 0.15) is 20.8 Å². The third-order valence-electron chi connectivity index (χ3n) is 3.89. The molecule has 3 N–H and O–H groups in total. The molecule has 1 heterocycles. The Kier molecular flexibility index (Phi) is 4.98. The van der Waals surface area contributed by atoms with Crippen LogP contribution < -0.4 is 10.6 Å². The van der Waals surface area contributed by atoms with E-state index in [0.29, 0.717) is 28.7 Å². The van der Waals surface area contributed by atoms with Gasteiger partial charge in [0.25, 0.3) is 17.5 Å². The van der Waals surface area contributed by atoms with Crippen molar-refractivity contribution >= 4 is 34.1 Å². The number of fused-ring (bicyclic) bond motifs is 1. The normalized spacial score (nSPS) is 10.4. The molecule has 0 fully saturated rings. The lowest BCUT2D eigenvalue weighted by Crippen LogP contribution is -2.25. The molecule has 136 valence electrons. The first-order valence-electron chi connectivity index (χ1n) is 8.06. The Morgan fingerprint density at radius 2 is 1.93 bits per heavy atom. The molecule has 2 amide bonds. The summed E-state index contributed by atoms with van der Waals surface area (Å²) in [5.74, 6) is -0.795. The fourth-order valence-electron chi connectivity index (χ4n) is 2.60. The number of nitrogens with zero attached hydrogens (tertiary/aromatic N) is 1. The van der Waals surface area contributed by atoms with Crippen molar-refractivity contribution in [2.45, 2.75) is 0 Å². The average Bonchev–Trinajstić information content (AvgIpc) is 3.10. The summed E-state index contributed by atoms with van der Waals surface area (Å²) in [6.45, 7) is 3.85. The van der Waals surface area contributed by atoms with Crippen molar-refractivity contribution in [3.63, 3.8) is 0 Å². The highest BCUT2D eigenvalue weighted by Gasteiger charge is 2.16. The van der Waals surface area contributed by atoms with Gasteiger partial charge in [0.2, 0.25) is 0 Å². The Balaban J connectivity index is 1.85. The molecule has 27 heavy (non-hydrogen) atoms. The molecule has 0 saturated heterocycles. The lowest BCUT2D eigenvalue weighted by molar-refractivity contribution is -0.384. The first kappa shape index (κ1) is 17.9. The van der Waals surface area contributed by atoms with Crippen LogP contribution in [0.4, 0.5) is 11.4 Å². The smallest absolute Gasteiger partial charge is 0.272 e. The van der Waals surface area contributed by atoms with Gasteiger partial charge in [-0.25, -0.2) is 0 Å². The Morgan fingerprint density at radius 3 is 2.67 bits per heavy atom. The fourth-order valence-corrected chi connectivity index (χ4v) is 2.60. The number of nitro groups is 1. The van der Waals surface area contributed by atoms with Gasteiger partial charge >= 0.3 is 0 Å². The maximum atomic E-state index is 12.6. The van der Waals surface area contributed by atoms with Gasteiger partial charge in [-0.1, -0.05) is 18.2 Å². The molecule has 1 aromatic heterocycles. The summed E-state index contributed by atoms with van der Waals surface area (Å²) in [5.41, 5.74) is 1.44. The zero-order valence-corrected chi connectivity index (χ0v) is 14.2. The maximum Gasteiger partial charge on any atom is 0.272 e. The molecule has 3 aromatic rings. The van der Waals surface area contributed by atoms with Crippen molar-refractivity contribution in [2.75, 3.05) is 11.9 Å². The molecule has 0 aliphatic heterocycles. The van der Waals surface area contributed by atoms with Crippen molar-refractivity contribution in [3.8, 4) is 0 Å². The highest BCUT2D eigenvalue weighted by atomic mass is 16.6. The zero-order valence-electron chi connectivity index (χ0n) is 14.2. The molecule has 0 bridgehead atoms. The number of carbonyl (C=O) groups is 2. The van der Waals surface area contributed by atoms with Gasteiger partial charge in [0.15, 0.2) is 0 Å². The number of non-ortho nitro benzene ring substituents is 1. The second kappa shape index (κ2) is 7.52. The van der Waals surface area contributed by atoms with Gasteiger partial charge in [-0.05, 0) is 24.3 Å². The molecular weight excluding hydrogens is 348 g/mol. The minimum absolute atomic E-state index is 0.0577. The minimum Gasteiger partial charge on any atom is -0.351 e. The molecule has 2 aromatic carbocycles. The minimum atomic E-state index is -0.496. The lowest BCUT2D eigenvalue weighted by atomic mass is 10.1. The largest absolute Gasteiger partial charge is 0.351 e. The summed E-state index contributed by atoms with van der Waals surface area (Å²) in [5, 5.41) is 16.8. The molecular formula is C19H16N4O4. The molecule has 3 rings (SSSR count). The van der Waals surface area contributed by atoms with Crippen LogP contribution in [-0.2, 0) is 0 Å². The fraction of sp³-hybridized carbons (Fsp3) is 0.0526. The summed E-state index contributed by atoms with van der Waals surface area (Å²) in [6, 6.07) is 12.4. The molecule has 0 saturated carbocycles. The van der Waals surface area contributed by atoms with Gasteiger partial charge in [-0.2, -0.15) is 0 Å². The van der Waals surface area contributed by atoms with Crippen LogP contribution in [0.5, 0.6) is 0 Å². The number of carbonyl (C=O) groups excluding carboxylic acids is 2. The second-order valence-corrected chi connectivity index (χ2v) is 5.71. The highest BCUT2D eigenvalue weighted by molar-refractivity contribution is 6.09. The van der Waals surface area contributed by atoms with E-state index in [-0.39, 0.29) is 17.3 Å². The van der Waals surface area contributed by atoms with Crippen LogP contribution in [0, 0.1) is 10.1 Å². The number of anilines is 1. The summed E-state index contributed by atoms with van der Waals surface area (Å²) in [6.07, 6.45) is 1.56. The Morgan fingerprint density at radius 1 is 1.15 bits per heavy atom. The van der Waals surface area contributed by atoms with Gasteiger partial charge < -0.3 is 15.6 Å². The van der Waals surface area contributed by atoms with Gasteiger partial charge in [-0.15, -0.1) is 6.58 Å². The van der Waals surface area contributed by atoms with E-state index in [1.165, 1.54) is 18.2 Å². The number of nitro benzene ring substituents is 1. The number of hydrogen-bond acceptors (Lipinski definition) is 4. The van der Waals surface area contributed by atoms with E-state index in [4.69, 9.17) is 0 Å². The van der Waals surface area contributed by atoms with E-state index >= 15 is 0 Å². The van der Waals surface area contributed by atoms with E-state index in [9.17, 15) is 19.7 Å². The van der Waals surface area contributed by atoms with Crippen LogP contribution in [0.25, 0.3) is 10.9 Å². The van der Waals surface area contributed by atoms with Crippen LogP contribution in [-0.4, -0.2) is 28.3 Å². The predicted octanol–water partition coefficient (Wildman–Crippen LogP) is 3.24. The van der Waals surface area contributed by atoms with Crippen LogP contribution in [0.15, 0.2) is 61.2 Å². The molecule has 0 spiro atoms. The number of aromatic nitrogens is 1. The quantitative estimate of drug-likeness (QED) is 0.353. The summed E-state index contributed by atoms with van der Waals surface area (Å²) in [7, 11) is 0. The Hall–Kier alpha value is -3.94. The molecule has 0 radical (unpaired) electrons. The first-order valence-corrected chi connectivity index (χ1v) is 8.06. The predicted molar refractivity (Wildman–Crippen MR) is 102 cm³/mol. The molecule has 0 aliphatic rings. The summed E-state index contributed by atoms with van der Waals surface area (Å²) < 4.78 is 0. The second-order valence-electron chi connectivity index (χ2n) is 5.71. The molecule has 8 nitrogen and oxygen atoms in total. The van der Waals surface area contributed by atoms with Crippen molar-refractivity contribution < 1.29 is 14.5 Å². The van der Waals surface area contributed by atoms with Crippen LogP contribution in [0.3, 0.4) is 0 Å². The van der Waals surface area contributed by atoms with Gasteiger partial charge in [-0.3, -0.25) is 19.7 Å². The Labute approximate surface area is 154 Å². The van der Waals surface area contributed by atoms with E-state index in [1.54, 1.807) is 36.4 Å². The molecule has 0 aliphatic carbocycles. The van der Waals surface area contributed by atoms with E-state index < -0.39 is 10.8 Å². The number of nitrogens with one attached hydrogen (secondary N) is 3. The Bertz CT molecular complexity index is 1050. The number of hydrogen-bond donors (Lipinski definition) is 3. The van der Waals surface area contributed by atoms with Gasteiger partial charge in [0, 0.05) is 29.6 Å². The summed E-state index contributed by atoms with van der Waals surface area (Å²) >= 11 is 0. The van der Waals surface area contributed by atoms with Crippen molar-refractivity contribution in [1.29, 1.82) is 0 Å². The van der Waals surface area contributed by atoms with Crippen molar-refractivity contribution in [3.05, 3.63) is 82.6 Å². The third-order valence-corrected chi connectivity index (χ3v) is 3.89. The number of H-pyrrole nitrogens is 1. The van der Waals surface area contributed by atoms with Gasteiger partial charge in [0.05, 0.1) is 16.2 Å². The number of rotatable bonds is 6. The third kappa shape index (κ3) is 3.84. The van der Waals surface area contributed by atoms with E-state index in [1.807, 2.05) is 0 Å². The summed E-state index contributed by atoms with van der Waals surface area (Å²) in [4.78, 5) is 38.1. The topological polar surface area (TPSA) is 117 Å². The number of aromatic amines is 1.